The number of nitrogens with zero attached hydrogens (tertiary/aromatic N) is 1. The van der Waals surface area contributed by atoms with Crippen LogP contribution in [0.5, 0.6) is 0 Å². The highest BCUT2D eigenvalue weighted by atomic mass is 35.5. The van der Waals surface area contributed by atoms with Crippen molar-refractivity contribution in [2.45, 2.75) is 32.6 Å². The normalized spacial score (nSPS) is 20.8. The highest BCUT2D eigenvalue weighted by molar-refractivity contribution is 6.31. The van der Waals surface area contributed by atoms with Crippen molar-refractivity contribution in [2.24, 2.45) is 5.41 Å². The lowest BCUT2D eigenvalue weighted by Gasteiger charge is -2.38. The van der Waals surface area contributed by atoms with Crippen LogP contribution in [-0.4, -0.2) is 5.78 Å². The minimum absolute atomic E-state index is 0.0177. The molecule has 2 aromatic rings. The number of benzene rings is 2. The van der Waals surface area contributed by atoms with Crippen LogP contribution >= 0.6 is 23.2 Å². The quantitative estimate of drug-likeness (QED) is 0.540. The summed E-state index contributed by atoms with van der Waals surface area (Å²) >= 11 is 12.3. The Labute approximate surface area is 180 Å². The van der Waals surface area contributed by atoms with E-state index in [1.165, 1.54) is 0 Å². The molecule has 1 unspecified atom stereocenters. The Morgan fingerprint density at radius 3 is 2.45 bits per heavy atom. The number of hydrogen-bond donors (Lipinski definition) is 0. The monoisotopic (exact) mass is 423 g/mol. The zero-order valence-electron chi connectivity index (χ0n) is 16.1. The minimum Gasteiger partial charge on any atom is -0.460 e. The summed E-state index contributed by atoms with van der Waals surface area (Å²) in [7, 11) is 0. The van der Waals surface area contributed by atoms with Gasteiger partial charge in [0.1, 0.15) is 11.5 Å². The molecule has 0 saturated carbocycles. The van der Waals surface area contributed by atoms with Crippen molar-refractivity contribution in [3.8, 4) is 6.07 Å². The first-order chi connectivity index (χ1) is 13.8. The summed E-state index contributed by atoms with van der Waals surface area (Å²) in [5.41, 5.74) is 2.33. The van der Waals surface area contributed by atoms with E-state index in [9.17, 15) is 10.1 Å². The van der Waals surface area contributed by atoms with Crippen LogP contribution in [0.4, 0.5) is 0 Å². The van der Waals surface area contributed by atoms with Crippen LogP contribution in [0.25, 0.3) is 5.76 Å². The predicted molar refractivity (Wildman–Crippen MR) is 114 cm³/mol. The van der Waals surface area contributed by atoms with Gasteiger partial charge in [-0.15, -0.1) is 0 Å². The molecule has 29 heavy (non-hydrogen) atoms. The summed E-state index contributed by atoms with van der Waals surface area (Å²) in [5.74, 6) is 0.624. The third-order valence-corrected chi connectivity index (χ3v) is 5.82. The number of nitriles is 1. The first kappa shape index (κ1) is 19.8. The van der Waals surface area contributed by atoms with E-state index in [-0.39, 0.29) is 11.2 Å². The SMILES string of the molecule is CC1(C)CC(=O)C2=C(C1)OC(c1ccc(Cl)cc1)=C(C#N)C2c1cccc(Cl)c1. The molecule has 0 bridgehead atoms. The average Bonchev–Trinajstić information content (AvgIpc) is 2.66. The van der Waals surface area contributed by atoms with Crippen molar-refractivity contribution in [1.82, 2.24) is 0 Å². The molecule has 1 heterocycles. The average molecular weight is 424 g/mol. The van der Waals surface area contributed by atoms with E-state index in [4.69, 9.17) is 27.9 Å². The van der Waals surface area contributed by atoms with Gasteiger partial charge in [-0.3, -0.25) is 4.79 Å². The van der Waals surface area contributed by atoms with Gasteiger partial charge in [0.15, 0.2) is 5.78 Å². The highest BCUT2D eigenvalue weighted by Crippen LogP contribution is 2.50. The van der Waals surface area contributed by atoms with Crippen LogP contribution in [0.1, 0.15) is 43.7 Å². The second-order valence-corrected chi connectivity index (χ2v) is 9.10. The van der Waals surface area contributed by atoms with Crippen molar-refractivity contribution < 1.29 is 9.53 Å². The number of halogens is 2. The number of allylic oxidation sites excluding steroid dienone is 3. The Morgan fingerprint density at radius 1 is 1.07 bits per heavy atom. The van der Waals surface area contributed by atoms with Crippen LogP contribution in [0.3, 0.4) is 0 Å². The Kier molecular flexibility index (Phi) is 5.02. The fourth-order valence-corrected chi connectivity index (χ4v) is 4.42. The molecule has 0 amide bonds. The summed E-state index contributed by atoms with van der Waals surface area (Å²) in [4.78, 5) is 13.1. The lowest BCUT2D eigenvalue weighted by Crippen LogP contribution is -2.32. The zero-order valence-corrected chi connectivity index (χ0v) is 17.6. The molecule has 2 aromatic carbocycles. The number of ketones is 1. The van der Waals surface area contributed by atoms with E-state index in [1.807, 2.05) is 30.3 Å². The largest absolute Gasteiger partial charge is 0.460 e. The van der Waals surface area contributed by atoms with Crippen molar-refractivity contribution in [2.75, 3.05) is 0 Å². The number of carbonyl (C=O) groups is 1. The Hall–Kier alpha value is -2.54. The van der Waals surface area contributed by atoms with Crippen LogP contribution < -0.4 is 0 Å². The van der Waals surface area contributed by atoms with E-state index in [2.05, 4.69) is 19.9 Å². The summed E-state index contributed by atoms with van der Waals surface area (Å²) in [6.07, 6.45) is 1.04. The van der Waals surface area contributed by atoms with Gasteiger partial charge in [0.25, 0.3) is 0 Å². The lowest BCUT2D eigenvalue weighted by atomic mass is 9.70. The maximum Gasteiger partial charge on any atom is 0.163 e. The Bertz CT molecular complexity index is 1100. The molecule has 3 nitrogen and oxygen atoms in total. The first-order valence-corrected chi connectivity index (χ1v) is 10.1. The van der Waals surface area contributed by atoms with Gasteiger partial charge in [0.2, 0.25) is 0 Å². The molecule has 0 saturated heterocycles. The molecule has 0 fully saturated rings. The second-order valence-electron chi connectivity index (χ2n) is 8.23. The molecule has 0 spiro atoms. The van der Waals surface area contributed by atoms with Crippen molar-refractivity contribution in [1.29, 1.82) is 5.26 Å². The van der Waals surface area contributed by atoms with Crippen molar-refractivity contribution >= 4 is 34.7 Å². The maximum absolute atomic E-state index is 13.1. The van der Waals surface area contributed by atoms with E-state index >= 15 is 0 Å². The second kappa shape index (κ2) is 7.37. The van der Waals surface area contributed by atoms with E-state index in [1.54, 1.807) is 18.2 Å². The van der Waals surface area contributed by atoms with Gasteiger partial charge in [0.05, 0.1) is 17.6 Å². The molecule has 5 heteroatoms. The number of Topliss-reactive ketones (excluding diaryl/α,β-unsaturated/α-hetero) is 1. The van der Waals surface area contributed by atoms with Gasteiger partial charge >= 0.3 is 0 Å². The summed E-state index contributed by atoms with van der Waals surface area (Å²) in [6, 6.07) is 16.8. The molecular formula is C24H19Cl2NO2. The van der Waals surface area contributed by atoms with Crippen molar-refractivity contribution in [3.63, 3.8) is 0 Å². The lowest BCUT2D eigenvalue weighted by molar-refractivity contribution is -0.118. The number of carbonyl (C=O) groups excluding carboxylic acids is 1. The third-order valence-electron chi connectivity index (χ3n) is 5.34. The van der Waals surface area contributed by atoms with E-state index in [0.717, 1.165) is 11.1 Å². The van der Waals surface area contributed by atoms with E-state index in [0.29, 0.717) is 45.6 Å². The van der Waals surface area contributed by atoms with Crippen LogP contribution in [0, 0.1) is 16.7 Å². The van der Waals surface area contributed by atoms with Crippen LogP contribution in [0.2, 0.25) is 10.0 Å². The van der Waals surface area contributed by atoms with Crippen LogP contribution in [-0.2, 0) is 9.53 Å². The molecule has 1 aliphatic carbocycles. The summed E-state index contributed by atoms with van der Waals surface area (Å²) in [6.45, 7) is 4.11. The van der Waals surface area contributed by atoms with Gasteiger partial charge in [-0.25, -0.2) is 0 Å². The van der Waals surface area contributed by atoms with Gasteiger partial charge in [-0.05, 0) is 47.4 Å². The van der Waals surface area contributed by atoms with Crippen LogP contribution in [0.15, 0.2) is 65.4 Å². The zero-order chi connectivity index (χ0) is 20.8. The fourth-order valence-electron chi connectivity index (χ4n) is 4.09. The van der Waals surface area contributed by atoms with E-state index < -0.39 is 5.92 Å². The van der Waals surface area contributed by atoms with Gasteiger partial charge in [-0.2, -0.15) is 5.26 Å². The standard InChI is InChI=1S/C24H19Cl2NO2/c1-24(2)11-19(28)22-20(12-24)29-23(14-6-8-16(25)9-7-14)18(13-27)21(22)15-4-3-5-17(26)10-15/h3-10,21H,11-12H2,1-2H3. The molecule has 0 N–H and O–H groups in total. The molecule has 146 valence electrons. The Morgan fingerprint density at radius 2 is 1.79 bits per heavy atom. The minimum atomic E-state index is -0.503. The molecule has 2 aliphatic rings. The Balaban J connectivity index is 1.96. The predicted octanol–water partition coefficient (Wildman–Crippen LogP) is 6.69. The molecule has 0 aromatic heterocycles. The summed E-state index contributed by atoms with van der Waals surface area (Å²) in [5, 5.41) is 11.2. The third kappa shape index (κ3) is 3.71. The molecule has 0 radical (unpaired) electrons. The molecule has 4 rings (SSSR count). The topological polar surface area (TPSA) is 50.1 Å². The smallest absolute Gasteiger partial charge is 0.163 e. The van der Waals surface area contributed by atoms with Gasteiger partial charge < -0.3 is 4.74 Å². The number of ether oxygens (including phenoxy) is 1. The van der Waals surface area contributed by atoms with Crippen molar-refractivity contribution in [3.05, 3.63) is 86.6 Å². The maximum atomic E-state index is 13.1. The molecule has 1 aliphatic heterocycles. The first-order valence-electron chi connectivity index (χ1n) is 9.39. The van der Waals surface area contributed by atoms with Gasteiger partial charge in [0, 0.05) is 34.0 Å². The molecule has 1 atom stereocenters. The number of hydrogen-bond acceptors (Lipinski definition) is 3. The highest BCUT2D eigenvalue weighted by Gasteiger charge is 2.43. The fraction of sp³-hybridized carbons (Fsp3) is 0.250. The molecular weight excluding hydrogens is 405 g/mol. The number of rotatable bonds is 2. The van der Waals surface area contributed by atoms with Gasteiger partial charge in [-0.1, -0.05) is 49.2 Å². The summed E-state index contributed by atoms with van der Waals surface area (Å²) < 4.78 is 6.25.